The zero-order valence-corrected chi connectivity index (χ0v) is 11.7. The lowest BCUT2D eigenvalue weighted by atomic mass is 9.75. The largest absolute Gasteiger partial charge is 0.384 e. The molecule has 1 rings (SSSR count). The van der Waals surface area contributed by atoms with Gasteiger partial charge in [-0.25, -0.2) is 0 Å². The van der Waals surface area contributed by atoms with Crippen molar-refractivity contribution in [3.8, 4) is 0 Å². The summed E-state index contributed by atoms with van der Waals surface area (Å²) in [4.78, 5) is 0. The minimum Gasteiger partial charge on any atom is -0.384 e. The van der Waals surface area contributed by atoms with E-state index in [-0.39, 0.29) is 5.25 Å². The second-order valence-corrected chi connectivity index (χ2v) is 7.19. The van der Waals surface area contributed by atoms with Crippen molar-refractivity contribution < 1.29 is 8.95 Å². The number of methoxy groups -OCH3 is 1. The molecule has 1 aliphatic carbocycles. The highest BCUT2D eigenvalue weighted by Gasteiger charge is 2.37. The summed E-state index contributed by atoms with van der Waals surface area (Å²) < 4.78 is 17.2. The Morgan fingerprint density at radius 1 is 1.50 bits per heavy atom. The monoisotopic (exact) mass is 247 g/mol. The van der Waals surface area contributed by atoms with Crippen molar-refractivity contribution in [3.05, 3.63) is 0 Å². The normalized spacial score (nSPS) is 31.2. The fourth-order valence-corrected chi connectivity index (χ4v) is 4.35. The Bertz CT molecular complexity index is 243. The van der Waals surface area contributed by atoms with E-state index in [0.717, 1.165) is 12.8 Å². The molecule has 1 saturated carbocycles. The van der Waals surface area contributed by atoms with Gasteiger partial charge in [0.05, 0.1) is 11.9 Å². The summed E-state index contributed by atoms with van der Waals surface area (Å²) in [6, 6.07) is 0.408. The van der Waals surface area contributed by atoms with Crippen LogP contribution in [0.4, 0.5) is 0 Å². The molecule has 3 atom stereocenters. The van der Waals surface area contributed by atoms with E-state index in [0.29, 0.717) is 23.8 Å². The van der Waals surface area contributed by atoms with Crippen LogP contribution in [0, 0.1) is 5.41 Å². The van der Waals surface area contributed by atoms with E-state index in [1.165, 1.54) is 6.42 Å². The highest BCUT2D eigenvalue weighted by Crippen LogP contribution is 2.37. The molecule has 3 nitrogen and oxygen atoms in total. The number of rotatable bonds is 5. The number of nitrogens with one attached hydrogen (secondary N) is 1. The van der Waals surface area contributed by atoms with Crippen LogP contribution in [0.3, 0.4) is 0 Å². The molecule has 1 aliphatic rings. The van der Waals surface area contributed by atoms with E-state index >= 15 is 0 Å². The van der Waals surface area contributed by atoms with Gasteiger partial charge >= 0.3 is 0 Å². The van der Waals surface area contributed by atoms with Crippen molar-refractivity contribution >= 4 is 10.8 Å². The molecule has 0 spiro atoms. The fraction of sp³-hybridized carbons (Fsp3) is 1.00. The van der Waals surface area contributed by atoms with E-state index < -0.39 is 10.8 Å². The molecule has 1 N–H and O–H groups in total. The van der Waals surface area contributed by atoms with Gasteiger partial charge in [-0.1, -0.05) is 13.8 Å². The maximum Gasteiger partial charge on any atom is 0.0577 e. The third kappa shape index (κ3) is 3.82. The third-order valence-corrected chi connectivity index (χ3v) is 5.27. The van der Waals surface area contributed by atoms with Crippen LogP contribution in [0.1, 0.15) is 33.1 Å². The molecule has 3 unspecified atom stereocenters. The number of ether oxygens (including phenoxy) is 1. The molecule has 0 heterocycles. The summed E-state index contributed by atoms with van der Waals surface area (Å²) in [5, 5.41) is 3.60. The summed E-state index contributed by atoms with van der Waals surface area (Å²) in [7, 11) is 2.87. The smallest absolute Gasteiger partial charge is 0.0577 e. The molecule has 0 amide bonds. The van der Waals surface area contributed by atoms with Crippen molar-refractivity contribution in [1.82, 2.24) is 5.32 Å². The van der Waals surface area contributed by atoms with Gasteiger partial charge in [0.2, 0.25) is 0 Å². The van der Waals surface area contributed by atoms with Crippen LogP contribution in [0.2, 0.25) is 0 Å². The first kappa shape index (κ1) is 14.1. The quantitative estimate of drug-likeness (QED) is 0.801. The van der Waals surface area contributed by atoms with E-state index in [1.807, 2.05) is 7.05 Å². The van der Waals surface area contributed by atoms with Crippen molar-refractivity contribution in [2.45, 2.75) is 44.4 Å². The zero-order valence-electron chi connectivity index (χ0n) is 10.9. The Hall–Kier alpha value is 0.0700. The second-order valence-electron chi connectivity index (χ2n) is 5.42. The lowest BCUT2D eigenvalue weighted by molar-refractivity contribution is 0.209. The van der Waals surface area contributed by atoms with Crippen LogP contribution in [-0.4, -0.2) is 42.0 Å². The maximum atomic E-state index is 12.2. The van der Waals surface area contributed by atoms with E-state index in [2.05, 4.69) is 19.2 Å². The summed E-state index contributed by atoms with van der Waals surface area (Å²) in [6.07, 6.45) is 3.40. The average molecular weight is 247 g/mol. The van der Waals surface area contributed by atoms with Crippen LogP contribution in [-0.2, 0) is 15.5 Å². The predicted molar refractivity (Wildman–Crippen MR) is 69.2 cm³/mol. The number of hydrogen-bond acceptors (Lipinski definition) is 3. The minimum absolute atomic E-state index is 0.281. The molecular formula is C12H25NO2S. The van der Waals surface area contributed by atoms with Gasteiger partial charge in [-0.15, -0.1) is 0 Å². The topological polar surface area (TPSA) is 38.3 Å². The van der Waals surface area contributed by atoms with Crippen LogP contribution >= 0.6 is 0 Å². The Balaban J connectivity index is 2.61. The Kier molecular flexibility index (Phi) is 5.41. The second kappa shape index (κ2) is 6.12. The molecule has 0 aliphatic heterocycles. The minimum atomic E-state index is -0.770. The standard InChI is InChI=1S/C12H25NO2S/c1-12(2)6-5-10(13-3)11(9-12)16(14)8-7-15-4/h10-11,13H,5-9H2,1-4H3. The van der Waals surface area contributed by atoms with Crippen LogP contribution < -0.4 is 5.32 Å². The lowest BCUT2D eigenvalue weighted by Crippen LogP contribution is -2.47. The molecule has 0 saturated heterocycles. The Morgan fingerprint density at radius 3 is 2.75 bits per heavy atom. The van der Waals surface area contributed by atoms with Crippen molar-refractivity contribution in [1.29, 1.82) is 0 Å². The van der Waals surface area contributed by atoms with E-state index in [1.54, 1.807) is 7.11 Å². The van der Waals surface area contributed by atoms with Crippen molar-refractivity contribution in [2.24, 2.45) is 5.41 Å². The number of hydrogen-bond donors (Lipinski definition) is 1. The molecule has 1 fully saturated rings. The average Bonchev–Trinajstić information content (AvgIpc) is 2.24. The molecule has 0 radical (unpaired) electrons. The molecule has 16 heavy (non-hydrogen) atoms. The molecule has 0 bridgehead atoms. The van der Waals surface area contributed by atoms with Gasteiger partial charge in [0.25, 0.3) is 0 Å². The first-order valence-corrected chi connectivity index (χ1v) is 7.42. The Morgan fingerprint density at radius 2 is 2.19 bits per heavy atom. The zero-order chi connectivity index (χ0) is 12.2. The lowest BCUT2D eigenvalue weighted by Gasteiger charge is -2.40. The van der Waals surface area contributed by atoms with Gasteiger partial charge in [-0.05, 0) is 31.7 Å². The highest BCUT2D eigenvalue weighted by atomic mass is 32.2. The van der Waals surface area contributed by atoms with Crippen molar-refractivity contribution in [2.75, 3.05) is 26.5 Å². The molecule has 0 aromatic carbocycles. The molecule has 0 aromatic rings. The molecule has 4 heteroatoms. The van der Waals surface area contributed by atoms with E-state index in [4.69, 9.17) is 4.74 Å². The SMILES string of the molecule is CNC1CCC(C)(C)CC1S(=O)CCOC. The summed E-state index contributed by atoms with van der Waals surface area (Å²) in [5.74, 6) is 0.662. The molecule has 96 valence electrons. The van der Waals surface area contributed by atoms with Gasteiger partial charge < -0.3 is 10.1 Å². The first-order valence-electron chi connectivity index (χ1n) is 6.03. The summed E-state index contributed by atoms with van der Waals surface area (Å²) in [6.45, 7) is 5.15. The van der Waals surface area contributed by atoms with Gasteiger partial charge in [0, 0.05) is 29.7 Å². The van der Waals surface area contributed by atoms with Gasteiger partial charge in [0.15, 0.2) is 0 Å². The third-order valence-electron chi connectivity index (χ3n) is 3.53. The summed E-state index contributed by atoms with van der Waals surface area (Å²) >= 11 is 0. The Labute approximate surface area is 102 Å². The maximum absolute atomic E-state index is 12.2. The van der Waals surface area contributed by atoms with Crippen LogP contribution in [0.5, 0.6) is 0 Å². The first-order chi connectivity index (χ1) is 7.50. The predicted octanol–water partition coefficient (Wildman–Crippen LogP) is 1.55. The highest BCUT2D eigenvalue weighted by molar-refractivity contribution is 7.85. The van der Waals surface area contributed by atoms with Gasteiger partial charge in [-0.2, -0.15) is 0 Å². The van der Waals surface area contributed by atoms with Crippen LogP contribution in [0.25, 0.3) is 0 Å². The molecular weight excluding hydrogens is 222 g/mol. The van der Waals surface area contributed by atoms with Gasteiger partial charge in [0.1, 0.15) is 0 Å². The van der Waals surface area contributed by atoms with Crippen LogP contribution in [0.15, 0.2) is 0 Å². The van der Waals surface area contributed by atoms with Crippen molar-refractivity contribution in [3.63, 3.8) is 0 Å². The fourth-order valence-electron chi connectivity index (χ4n) is 2.44. The van der Waals surface area contributed by atoms with E-state index in [9.17, 15) is 4.21 Å². The summed E-state index contributed by atoms with van der Waals surface area (Å²) in [5.41, 5.74) is 0.334. The van der Waals surface area contributed by atoms with Gasteiger partial charge in [-0.3, -0.25) is 4.21 Å². The molecule has 0 aromatic heterocycles.